The number of hydrogen-bond donors (Lipinski definition) is 2. The van der Waals surface area contributed by atoms with Gasteiger partial charge in [0, 0.05) is 11.6 Å². The van der Waals surface area contributed by atoms with E-state index < -0.39 is 10.8 Å². The summed E-state index contributed by atoms with van der Waals surface area (Å²) in [7, 11) is 1.49. The summed E-state index contributed by atoms with van der Waals surface area (Å²) in [4.78, 5) is 37.2. The number of carbonyl (C=O) groups is 2. The molecule has 2 N–H and O–H groups in total. The molecule has 0 aromatic heterocycles. The Bertz CT molecular complexity index is 1390. The van der Waals surface area contributed by atoms with Crippen molar-refractivity contribution < 1.29 is 19.2 Å². The van der Waals surface area contributed by atoms with Crippen molar-refractivity contribution in [3.63, 3.8) is 0 Å². The number of nitrogens with zero attached hydrogens (tertiary/aromatic N) is 1. The average Bonchev–Trinajstić information content (AvgIpc) is 2.95. The lowest BCUT2D eigenvalue weighted by molar-refractivity contribution is -0.387. The van der Waals surface area contributed by atoms with E-state index in [1.807, 2.05) is 60.7 Å². The molecule has 0 fully saturated rings. The maximum Gasteiger partial charge on any atom is 0.283 e. The Kier molecular flexibility index (Phi) is 8.73. The predicted molar refractivity (Wildman–Crippen MR) is 148 cm³/mol. The van der Waals surface area contributed by atoms with Crippen LogP contribution in [-0.4, -0.2) is 29.6 Å². The number of rotatable bonds is 10. The van der Waals surface area contributed by atoms with Crippen LogP contribution in [0.4, 0.5) is 11.4 Å². The number of nitrogens with one attached hydrogen (secondary N) is 2. The van der Waals surface area contributed by atoms with Gasteiger partial charge < -0.3 is 15.4 Å². The van der Waals surface area contributed by atoms with Crippen LogP contribution in [-0.2, 0) is 4.79 Å². The van der Waals surface area contributed by atoms with Gasteiger partial charge in [-0.15, -0.1) is 11.8 Å². The average molecular weight is 528 g/mol. The summed E-state index contributed by atoms with van der Waals surface area (Å²) >= 11 is 1.04. The minimum absolute atomic E-state index is 0.0379. The Balaban J connectivity index is 1.47. The minimum Gasteiger partial charge on any atom is -0.495 e. The van der Waals surface area contributed by atoms with E-state index in [1.165, 1.54) is 25.3 Å². The number of hydrogen-bond acceptors (Lipinski definition) is 6. The van der Waals surface area contributed by atoms with Crippen molar-refractivity contribution in [2.45, 2.75) is 10.9 Å². The van der Waals surface area contributed by atoms with Crippen molar-refractivity contribution in [3.05, 3.63) is 130 Å². The van der Waals surface area contributed by atoms with Gasteiger partial charge in [-0.3, -0.25) is 19.7 Å². The molecule has 0 radical (unpaired) electrons. The fraction of sp³-hybridized carbons (Fsp3) is 0.103. The third kappa shape index (κ3) is 6.57. The second-order valence-electron chi connectivity index (χ2n) is 8.20. The highest BCUT2D eigenvalue weighted by Crippen LogP contribution is 2.31. The molecule has 4 aromatic rings. The number of nitro benzene ring substituents is 1. The van der Waals surface area contributed by atoms with E-state index in [-0.39, 0.29) is 33.8 Å². The molecule has 0 aliphatic carbocycles. The standard InChI is InChI=1S/C29H25N3O5S/c1-37-25-15-9-8-14-23(25)30-29(34)22-16-17-26(24(18-22)32(35)36)38-19-27(33)31-28(20-10-4-2-5-11-20)21-12-6-3-7-13-21/h2-18,28H,19H2,1H3,(H,30,34)(H,31,33). The smallest absolute Gasteiger partial charge is 0.283 e. The van der Waals surface area contributed by atoms with Crippen molar-refractivity contribution in [1.29, 1.82) is 0 Å². The maximum absolute atomic E-state index is 12.9. The predicted octanol–water partition coefficient (Wildman–Crippen LogP) is 5.85. The number of ether oxygens (including phenoxy) is 1. The van der Waals surface area contributed by atoms with Crippen molar-refractivity contribution in [1.82, 2.24) is 5.32 Å². The van der Waals surface area contributed by atoms with Gasteiger partial charge in [-0.1, -0.05) is 72.8 Å². The Morgan fingerprint density at radius 1 is 0.895 bits per heavy atom. The summed E-state index contributed by atoms with van der Waals surface area (Å²) in [6.07, 6.45) is 0. The molecular weight excluding hydrogens is 502 g/mol. The van der Waals surface area contributed by atoms with E-state index in [0.29, 0.717) is 11.4 Å². The number of para-hydroxylation sites is 2. The Labute approximate surface area is 224 Å². The normalized spacial score (nSPS) is 10.6. The first-order valence-electron chi connectivity index (χ1n) is 11.7. The van der Waals surface area contributed by atoms with Crippen LogP contribution in [0.1, 0.15) is 27.5 Å². The van der Waals surface area contributed by atoms with Gasteiger partial charge in [0.05, 0.1) is 34.4 Å². The zero-order valence-electron chi connectivity index (χ0n) is 20.5. The second kappa shape index (κ2) is 12.6. The van der Waals surface area contributed by atoms with E-state index in [0.717, 1.165) is 22.9 Å². The Hall–Kier alpha value is -4.63. The maximum atomic E-state index is 12.9. The summed E-state index contributed by atoms with van der Waals surface area (Å²) in [5.74, 6) is -0.359. The van der Waals surface area contributed by atoms with Crippen LogP contribution in [0.2, 0.25) is 0 Å². The van der Waals surface area contributed by atoms with Gasteiger partial charge in [0.2, 0.25) is 5.91 Å². The SMILES string of the molecule is COc1ccccc1NC(=O)c1ccc(SCC(=O)NC(c2ccccc2)c2ccccc2)c([N+](=O)[O-])c1. The van der Waals surface area contributed by atoms with Gasteiger partial charge in [-0.05, 0) is 35.4 Å². The van der Waals surface area contributed by atoms with Crippen LogP contribution >= 0.6 is 11.8 Å². The quantitative estimate of drug-likeness (QED) is 0.152. The van der Waals surface area contributed by atoms with E-state index in [9.17, 15) is 19.7 Å². The number of nitro groups is 1. The highest BCUT2D eigenvalue weighted by Gasteiger charge is 2.21. The van der Waals surface area contributed by atoms with Crippen molar-refractivity contribution in [2.24, 2.45) is 0 Å². The van der Waals surface area contributed by atoms with Gasteiger partial charge in [0.25, 0.3) is 11.6 Å². The topological polar surface area (TPSA) is 111 Å². The minimum atomic E-state index is -0.559. The highest BCUT2D eigenvalue weighted by molar-refractivity contribution is 8.00. The molecule has 0 saturated carbocycles. The number of methoxy groups -OCH3 is 1. The first-order chi connectivity index (χ1) is 18.5. The van der Waals surface area contributed by atoms with Gasteiger partial charge >= 0.3 is 0 Å². The van der Waals surface area contributed by atoms with Gasteiger partial charge in [-0.2, -0.15) is 0 Å². The summed E-state index contributed by atoms with van der Waals surface area (Å²) in [6.45, 7) is 0. The molecule has 8 nitrogen and oxygen atoms in total. The molecule has 0 atom stereocenters. The molecule has 38 heavy (non-hydrogen) atoms. The number of anilines is 1. The van der Waals surface area contributed by atoms with Gasteiger partial charge in [-0.25, -0.2) is 0 Å². The van der Waals surface area contributed by atoms with Gasteiger partial charge in [0.1, 0.15) is 5.75 Å². The van der Waals surface area contributed by atoms with E-state index in [2.05, 4.69) is 10.6 Å². The number of amides is 2. The van der Waals surface area contributed by atoms with Crippen LogP contribution in [0.25, 0.3) is 0 Å². The molecule has 0 aliphatic rings. The largest absolute Gasteiger partial charge is 0.495 e. The van der Waals surface area contributed by atoms with E-state index in [1.54, 1.807) is 24.3 Å². The highest BCUT2D eigenvalue weighted by atomic mass is 32.2. The molecule has 2 amide bonds. The molecule has 0 saturated heterocycles. The summed E-state index contributed by atoms with van der Waals surface area (Å²) in [6, 6.07) is 29.9. The van der Waals surface area contributed by atoms with Crippen LogP contribution in [0.15, 0.2) is 108 Å². The molecule has 0 heterocycles. The lowest BCUT2D eigenvalue weighted by atomic mass is 9.99. The lowest BCUT2D eigenvalue weighted by Crippen LogP contribution is -2.30. The van der Waals surface area contributed by atoms with E-state index in [4.69, 9.17) is 4.74 Å². The van der Waals surface area contributed by atoms with Crippen molar-refractivity contribution >= 4 is 35.0 Å². The van der Waals surface area contributed by atoms with Crippen LogP contribution < -0.4 is 15.4 Å². The fourth-order valence-corrected chi connectivity index (χ4v) is 4.68. The van der Waals surface area contributed by atoms with Gasteiger partial charge in [0.15, 0.2) is 0 Å². The molecular formula is C29H25N3O5S. The van der Waals surface area contributed by atoms with E-state index >= 15 is 0 Å². The van der Waals surface area contributed by atoms with Crippen molar-refractivity contribution in [2.75, 3.05) is 18.2 Å². The molecule has 192 valence electrons. The third-order valence-electron chi connectivity index (χ3n) is 5.70. The zero-order chi connectivity index (χ0) is 26.9. The number of benzene rings is 4. The fourth-order valence-electron chi connectivity index (χ4n) is 3.86. The first-order valence-corrected chi connectivity index (χ1v) is 12.7. The van der Waals surface area contributed by atoms with Crippen molar-refractivity contribution in [3.8, 4) is 5.75 Å². The Morgan fingerprint density at radius 3 is 2.11 bits per heavy atom. The summed E-state index contributed by atoms with van der Waals surface area (Å²) in [5, 5.41) is 17.5. The first kappa shape index (κ1) is 26.4. The summed E-state index contributed by atoms with van der Waals surface area (Å²) < 4.78 is 5.24. The molecule has 4 aromatic carbocycles. The molecule has 0 unspecified atom stereocenters. The molecule has 4 rings (SSSR count). The number of carbonyl (C=O) groups excluding carboxylic acids is 2. The third-order valence-corrected chi connectivity index (χ3v) is 6.77. The van der Waals surface area contributed by atoms with Crippen LogP contribution in [0.5, 0.6) is 5.75 Å². The molecule has 9 heteroatoms. The molecule has 0 bridgehead atoms. The Morgan fingerprint density at radius 2 is 1.50 bits per heavy atom. The lowest BCUT2D eigenvalue weighted by Gasteiger charge is -2.20. The number of thioether (sulfide) groups is 1. The molecule has 0 aliphatic heterocycles. The second-order valence-corrected chi connectivity index (χ2v) is 9.22. The van der Waals surface area contributed by atoms with Crippen LogP contribution in [0, 0.1) is 10.1 Å². The molecule has 0 spiro atoms. The monoisotopic (exact) mass is 527 g/mol. The zero-order valence-corrected chi connectivity index (χ0v) is 21.3. The summed E-state index contributed by atoms with van der Waals surface area (Å²) in [5.41, 5.74) is 2.16. The van der Waals surface area contributed by atoms with Crippen LogP contribution in [0.3, 0.4) is 0 Å².